The molecule has 0 aliphatic carbocycles. The second-order valence-electron chi connectivity index (χ2n) is 4.67. The Morgan fingerprint density at radius 3 is 2.87 bits per heavy atom. The zero-order valence-corrected chi connectivity index (χ0v) is 15.7. The molecule has 5 nitrogen and oxygen atoms in total. The first kappa shape index (κ1) is 18.3. The first-order valence-electron chi connectivity index (χ1n) is 6.99. The molecule has 1 amide bonds. The van der Waals surface area contributed by atoms with Gasteiger partial charge in [-0.15, -0.1) is 10.2 Å². The highest BCUT2D eigenvalue weighted by Gasteiger charge is 2.18. The molecule has 1 heterocycles. The Morgan fingerprint density at radius 2 is 2.17 bits per heavy atom. The molecule has 0 fully saturated rings. The number of nitrogens with one attached hydrogen (secondary N) is 2. The summed E-state index contributed by atoms with van der Waals surface area (Å²) in [4.78, 5) is 12.3. The maximum Gasteiger partial charge on any atom is 0.237 e. The molecule has 1 atom stereocenters. The lowest BCUT2D eigenvalue weighted by Gasteiger charge is -2.11. The Kier molecular flexibility index (Phi) is 6.95. The van der Waals surface area contributed by atoms with Crippen molar-refractivity contribution < 1.29 is 4.79 Å². The van der Waals surface area contributed by atoms with Gasteiger partial charge in [-0.3, -0.25) is 4.79 Å². The standard InChI is InChI=1S/C14H16Cl2N4OS2/c1-3-6-17-13-19-20-14(23-13)22-8(2)12(21)18-11-5-4-9(15)7-10(11)16/h4-5,7-8H,3,6H2,1-2H3,(H,17,19)(H,18,21)/t8-/m1/s1. The van der Waals surface area contributed by atoms with Crippen LogP contribution in [0.1, 0.15) is 20.3 Å². The number of carbonyl (C=O) groups excluding carboxylic acids is 1. The van der Waals surface area contributed by atoms with Crippen LogP contribution in [-0.4, -0.2) is 27.9 Å². The first-order valence-corrected chi connectivity index (χ1v) is 9.44. The molecule has 0 unspecified atom stereocenters. The molecule has 2 N–H and O–H groups in total. The number of rotatable bonds is 7. The Balaban J connectivity index is 1.93. The highest BCUT2D eigenvalue weighted by molar-refractivity contribution is 8.02. The third kappa shape index (κ3) is 5.53. The van der Waals surface area contributed by atoms with Crippen LogP contribution >= 0.6 is 46.3 Å². The normalized spacial score (nSPS) is 12.0. The van der Waals surface area contributed by atoms with Gasteiger partial charge in [-0.1, -0.05) is 53.2 Å². The Morgan fingerprint density at radius 1 is 1.39 bits per heavy atom. The zero-order valence-electron chi connectivity index (χ0n) is 12.6. The van der Waals surface area contributed by atoms with Crippen molar-refractivity contribution >= 4 is 63.0 Å². The Bertz CT molecular complexity index is 681. The van der Waals surface area contributed by atoms with Crippen molar-refractivity contribution in [3.8, 4) is 0 Å². The van der Waals surface area contributed by atoms with Gasteiger partial charge in [0.25, 0.3) is 0 Å². The zero-order chi connectivity index (χ0) is 16.8. The van der Waals surface area contributed by atoms with Crippen LogP contribution in [0.2, 0.25) is 10.0 Å². The molecule has 1 aromatic carbocycles. The van der Waals surface area contributed by atoms with Crippen LogP contribution in [0.4, 0.5) is 10.8 Å². The average Bonchev–Trinajstić information content (AvgIpc) is 2.95. The summed E-state index contributed by atoms with van der Waals surface area (Å²) in [5.41, 5.74) is 0.538. The summed E-state index contributed by atoms with van der Waals surface area (Å²) in [6.45, 7) is 4.74. The van der Waals surface area contributed by atoms with Gasteiger partial charge in [0.05, 0.1) is 16.0 Å². The Labute approximate surface area is 153 Å². The number of carbonyl (C=O) groups is 1. The topological polar surface area (TPSA) is 66.9 Å². The monoisotopic (exact) mass is 390 g/mol. The van der Waals surface area contributed by atoms with Crippen molar-refractivity contribution in [1.82, 2.24) is 10.2 Å². The summed E-state index contributed by atoms with van der Waals surface area (Å²) in [6.07, 6.45) is 1.02. The fourth-order valence-electron chi connectivity index (χ4n) is 1.59. The lowest BCUT2D eigenvalue weighted by Crippen LogP contribution is -2.22. The lowest BCUT2D eigenvalue weighted by atomic mass is 10.3. The van der Waals surface area contributed by atoms with Crippen molar-refractivity contribution in [2.24, 2.45) is 0 Å². The van der Waals surface area contributed by atoms with E-state index in [9.17, 15) is 4.79 Å². The second-order valence-corrected chi connectivity index (χ2v) is 8.08. The van der Waals surface area contributed by atoms with E-state index >= 15 is 0 Å². The summed E-state index contributed by atoms with van der Waals surface area (Å²) in [5, 5.41) is 15.4. The van der Waals surface area contributed by atoms with Crippen molar-refractivity contribution in [3.05, 3.63) is 28.2 Å². The molecule has 2 rings (SSSR count). The number of aromatic nitrogens is 2. The predicted octanol–water partition coefficient (Wildman–Crippen LogP) is 4.79. The van der Waals surface area contributed by atoms with Crippen LogP contribution in [0.25, 0.3) is 0 Å². The number of nitrogens with zero attached hydrogens (tertiary/aromatic N) is 2. The molecule has 0 saturated heterocycles. The van der Waals surface area contributed by atoms with E-state index < -0.39 is 0 Å². The van der Waals surface area contributed by atoms with E-state index in [0.717, 1.165) is 22.4 Å². The SMILES string of the molecule is CCCNc1nnc(S[C@H](C)C(=O)Nc2ccc(Cl)cc2Cl)s1. The predicted molar refractivity (Wildman–Crippen MR) is 99.1 cm³/mol. The minimum absolute atomic E-state index is 0.155. The van der Waals surface area contributed by atoms with Gasteiger partial charge < -0.3 is 10.6 Å². The summed E-state index contributed by atoms with van der Waals surface area (Å²) < 4.78 is 0.744. The first-order chi connectivity index (χ1) is 11.0. The van der Waals surface area contributed by atoms with Gasteiger partial charge >= 0.3 is 0 Å². The number of hydrogen-bond donors (Lipinski definition) is 2. The minimum Gasteiger partial charge on any atom is -0.360 e. The number of anilines is 2. The average molecular weight is 391 g/mol. The molecule has 0 radical (unpaired) electrons. The molecule has 0 aliphatic rings. The van der Waals surface area contributed by atoms with Gasteiger partial charge in [0.15, 0.2) is 4.34 Å². The fraction of sp³-hybridized carbons (Fsp3) is 0.357. The van der Waals surface area contributed by atoms with Crippen molar-refractivity contribution in [3.63, 3.8) is 0 Å². The Hall–Kier alpha value is -1.02. The quantitative estimate of drug-likeness (QED) is 0.665. The molecule has 0 saturated carbocycles. The van der Waals surface area contributed by atoms with Crippen LogP contribution in [0.5, 0.6) is 0 Å². The van der Waals surface area contributed by atoms with Crippen molar-refractivity contribution in [1.29, 1.82) is 0 Å². The number of thioether (sulfide) groups is 1. The third-order valence-corrected chi connectivity index (χ3v) is 5.38. The largest absolute Gasteiger partial charge is 0.360 e. The molecule has 0 aliphatic heterocycles. The van der Waals surface area contributed by atoms with Gasteiger partial charge in [-0.05, 0) is 31.5 Å². The highest BCUT2D eigenvalue weighted by atomic mass is 35.5. The van der Waals surface area contributed by atoms with E-state index in [1.165, 1.54) is 23.1 Å². The molecule has 124 valence electrons. The van der Waals surface area contributed by atoms with Gasteiger partial charge in [0.2, 0.25) is 11.0 Å². The number of hydrogen-bond acceptors (Lipinski definition) is 6. The van der Waals surface area contributed by atoms with Crippen LogP contribution in [0.3, 0.4) is 0 Å². The van der Waals surface area contributed by atoms with E-state index in [1.54, 1.807) is 18.2 Å². The van der Waals surface area contributed by atoms with E-state index in [0.29, 0.717) is 15.7 Å². The van der Waals surface area contributed by atoms with Crippen LogP contribution in [0, 0.1) is 0 Å². The maximum atomic E-state index is 12.3. The molecule has 0 bridgehead atoms. The number of halogens is 2. The molecule has 1 aromatic heterocycles. The molecular formula is C14H16Cl2N4OS2. The van der Waals surface area contributed by atoms with Crippen LogP contribution in [-0.2, 0) is 4.79 Å². The van der Waals surface area contributed by atoms with Crippen LogP contribution in [0.15, 0.2) is 22.5 Å². The second kappa shape index (κ2) is 8.73. The molecular weight excluding hydrogens is 375 g/mol. The molecule has 0 spiro atoms. The van der Waals surface area contributed by atoms with Crippen molar-refractivity contribution in [2.45, 2.75) is 29.9 Å². The highest BCUT2D eigenvalue weighted by Crippen LogP contribution is 2.30. The van der Waals surface area contributed by atoms with E-state index in [-0.39, 0.29) is 11.2 Å². The van der Waals surface area contributed by atoms with Gasteiger partial charge in [-0.25, -0.2) is 0 Å². The summed E-state index contributed by atoms with van der Waals surface area (Å²) in [5.74, 6) is -0.155. The molecule has 9 heteroatoms. The molecule has 23 heavy (non-hydrogen) atoms. The van der Waals surface area contributed by atoms with E-state index in [4.69, 9.17) is 23.2 Å². The van der Waals surface area contributed by atoms with Crippen molar-refractivity contribution in [2.75, 3.05) is 17.2 Å². The van der Waals surface area contributed by atoms with Gasteiger partial charge in [-0.2, -0.15) is 0 Å². The minimum atomic E-state index is -0.325. The summed E-state index contributed by atoms with van der Waals surface area (Å²) in [6, 6.07) is 4.95. The van der Waals surface area contributed by atoms with E-state index in [1.807, 2.05) is 6.92 Å². The van der Waals surface area contributed by atoms with Gasteiger partial charge in [0.1, 0.15) is 0 Å². The maximum absolute atomic E-state index is 12.3. The number of benzene rings is 1. The summed E-state index contributed by atoms with van der Waals surface area (Å²) >= 11 is 14.7. The number of amides is 1. The fourth-order valence-corrected chi connectivity index (χ4v) is 3.97. The third-order valence-electron chi connectivity index (χ3n) is 2.77. The summed E-state index contributed by atoms with van der Waals surface area (Å²) in [7, 11) is 0. The lowest BCUT2D eigenvalue weighted by molar-refractivity contribution is -0.115. The van der Waals surface area contributed by atoms with E-state index in [2.05, 4.69) is 27.8 Å². The van der Waals surface area contributed by atoms with Gasteiger partial charge in [0, 0.05) is 11.6 Å². The van der Waals surface area contributed by atoms with Crippen LogP contribution < -0.4 is 10.6 Å². The smallest absolute Gasteiger partial charge is 0.237 e. The molecule has 2 aromatic rings.